The van der Waals surface area contributed by atoms with Crippen molar-refractivity contribution < 1.29 is 8.42 Å². The lowest BCUT2D eigenvalue weighted by Gasteiger charge is -2.13. The highest BCUT2D eigenvalue weighted by atomic mass is 32.2. The summed E-state index contributed by atoms with van der Waals surface area (Å²) in [6.45, 7) is 1.83. The molecule has 21 heavy (non-hydrogen) atoms. The predicted molar refractivity (Wildman–Crippen MR) is 87.9 cm³/mol. The summed E-state index contributed by atoms with van der Waals surface area (Å²) in [5.41, 5.74) is 6.94. The topological polar surface area (TPSA) is 85.1 Å². The predicted octanol–water partition coefficient (Wildman–Crippen LogP) is 1.69. The van der Waals surface area contributed by atoms with Gasteiger partial charge in [-0.3, -0.25) is 4.98 Å². The van der Waals surface area contributed by atoms with E-state index < -0.39 is 10.0 Å². The van der Waals surface area contributed by atoms with Crippen LogP contribution in [0.4, 0.5) is 0 Å². The third-order valence-corrected chi connectivity index (χ3v) is 5.29. The van der Waals surface area contributed by atoms with Gasteiger partial charge in [-0.1, -0.05) is 12.2 Å². The Balaban J connectivity index is 2.08. The highest BCUT2D eigenvalue weighted by Gasteiger charge is 2.18. The summed E-state index contributed by atoms with van der Waals surface area (Å²) in [7, 11) is -3.60. The van der Waals surface area contributed by atoms with E-state index in [1.165, 1.54) is 18.3 Å². The standard InChI is InChI=1S/C13H15N3O2S3/c1-9(6-10-4-5-20-8-10)16-21(17,18)11-2-3-12(13(14)19)15-7-11/h2-5,7-9,16H,6H2,1H3,(H2,14,19). The summed E-state index contributed by atoms with van der Waals surface area (Å²) in [6, 6.07) is 4.72. The number of sulfonamides is 1. The van der Waals surface area contributed by atoms with Gasteiger partial charge in [-0.2, -0.15) is 11.3 Å². The van der Waals surface area contributed by atoms with Gasteiger partial charge in [0.2, 0.25) is 10.0 Å². The largest absolute Gasteiger partial charge is 0.388 e. The lowest BCUT2D eigenvalue weighted by atomic mass is 10.1. The van der Waals surface area contributed by atoms with Crippen molar-refractivity contribution >= 4 is 38.6 Å². The Morgan fingerprint density at radius 2 is 2.24 bits per heavy atom. The smallest absolute Gasteiger partial charge is 0.242 e. The van der Waals surface area contributed by atoms with Crippen molar-refractivity contribution in [3.63, 3.8) is 0 Å². The Bertz CT molecular complexity index is 710. The summed E-state index contributed by atoms with van der Waals surface area (Å²) in [5.74, 6) is 0. The van der Waals surface area contributed by atoms with E-state index in [0.29, 0.717) is 12.1 Å². The Morgan fingerprint density at radius 3 is 2.76 bits per heavy atom. The van der Waals surface area contributed by atoms with Gasteiger partial charge in [0, 0.05) is 12.2 Å². The first kappa shape index (κ1) is 16.0. The molecule has 0 spiro atoms. The van der Waals surface area contributed by atoms with Crippen molar-refractivity contribution in [2.75, 3.05) is 0 Å². The first-order valence-corrected chi connectivity index (χ1v) is 9.01. The van der Waals surface area contributed by atoms with Crippen LogP contribution in [0, 0.1) is 0 Å². The van der Waals surface area contributed by atoms with Crippen LogP contribution in [0.2, 0.25) is 0 Å². The Hall–Kier alpha value is -1.35. The van der Waals surface area contributed by atoms with Crippen molar-refractivity contribution in [3.05, 3.63) is 46.4 Å². The summed E-state index contributed by atoms with van der Waals surface area (Å²) in [4.78, 5) is 4.18. The molecule has 0 saturated heterocycles. The molecular weight excluding hydrogens is 326 g/mol. The van der Waals surface area contributed by atoms with Crippen LogP contribution in [-0.2, 0) is 16.4 Å². The van der Waals surface area contributed by atoms with Gasteiger partial charge >= 0.3 is 0 Å². The van der Waals surface area contributed by atoms with Gasteiger partial charge in [0.1, 0.15) is 9.88 Å². The van der Waals surface area contributed by atoms with Gasteiger partial charge in [0.25, 0.3) is 0 Å². The van der Waals surface area contributed by atoms with E-state index in [2.05, 4.69) is 9.71 Å². The highest BCUT2D eigenvalue weighted by Crippen LogP contribution is 2.12. The zero-order chi connectivity index (χ0) is 15.5. The van der Waals surface area contributed by atoms with Gasteiger partial charge in [0.05, 0.1) is 5.69 Å². The normalized spacial score (nSPS) is 13.0. The quantitative estimate of drug-likeness (QED) is 0.781. The number of nitrogens with zero attached hydrogens (tertiary/aromatic N) is 1. The summed E-state index contributed by atoms with van der Waals surface area (Å²) < 4.78 is 27.1. The lowest BCUT2D eigenvalue weighted by Crippen LogP contribution is -2.34. The number of hydrogen-bond donors (Lipinski definition) is 2. The van der Waals surface area contributed by atoms with Crippen LogP contribution in [0.5, 0.6) is 0 Å². The maximum atomic E-state index is 12.2. The third-order valence-electron chi connectivity index (χ3n) is 2.78. The lowest BCUT2D eigenvalue weighted by molar-refractivity contribution is 0.559. The highest BCUT2D eigenvalue weighted by molar-refractivity contribution is 7.89. The minimum atomic E-state index is -3.60. The fraction of sp³-hybridized carbons (Fsp3) is 0.231. The number of nitrogens with two attached hydrogens (primary N) is 1. The molecule has 3 N–H and O–H groups in total. The number of thiophene rings is 1. The van der Waals surface area contributed by atoms with Gasteiger partial charge < -0.3 is 5.73 Å². The average molecular weight is 341 g/mol. The van der Waals surface area contributed by atoms with Crippen molar-refractivity contribution in [1.82, 2.24) is 9.71 Å². The maximum Gasteiger partial charge on any atom is 0.242 e. The van der Waals surface area contributed by atoms with Gasteiger partial charge in [-0.25, -0.2) is 13.1 Å². The molecule has 2 rings (SSSR count). The molecule has 0 radical (unpaired) electrons. The van der Waals surface area contributed by atoms with Crippen molar-refractivity contribution in [2.45, 2.75) is 24.3 Å². The van der Waals surface area contributed by atoms with E-state index >= 15 is 0 Å². The Morgan fingerprint density at radius 1 is 1.48 bits per heavy atom. The molecule has 1 unspecified atom stereocenters. The number of nitrogens with one attached hydrogen (secondary N) is 1. The molecule has 0 aliphatic carbocycles. The molecule has 1 atom stereocenters. The monoisotopic (exact) mass is 341 g/mol. The second-order valence-electron chi connectivity index (χ2n) is 4.60. The molecule has 2 aromatic heterocycles. The van der Waals surface area contributed by atoms with Gasteiger partial charge in [-0.05, 0) is 47.9 Å². The Labute approximate surface area is 133 Å². The van der Waals surface area contributed by atoms with E-state index in [1.807, 2.05) is 23.8 Å². The molecule has 0 fully saturated rings. The van der Waals surface area contributed by atoms with E-state index in [-0.39, 0.29) is 15.9 Å². The fourth-order valence-electron chi connectivity index (χ4n) is 1.82. The number of pyridine rings is 1. The summed E-state index contributed by atoms with van der Waals surface area (Å²) in [5, 5.41) is 3.97. The van der Waals surface area contributed by atoms with Crippen LogP contribution in [0.25, 0.3) is 0 Å². The Kier molecular flexibility index (Phi) is 5.04. The third kappa shape index (κ3) is 4.31. The zero-order valence-corrected chi connectivity index (χ0v) is 13.8. The molecule has 0 aliphatic heterocycles. The van der Waals surface area contributed by atoms with Crippen molar-refractivity contribution in [2.24, 2.45) is 5.73 Å². The maximum absolute atomic E-state index is 12.2. The molecule has 0 aromatic carbocycles. The molecule has 112 valence electrons. The summed E-state index contributed by atoms with van der Waals surface area (Å²) in [6.07, 6.45) is 1.90. The SMILES string of the molecule is CC(Cc1ccsc1)NS(=O)(=O)c1ccc(C(N)=S)nc1. The molecule has 5 nitrogen and oxygen atoms in total. The fourth-order valence-corrected chi connectivity index (χ4v) is 3.81. The van der Waals surface area contributed by atoms with E-state index in [4.69, 9.17) is 18.0 Å². The first-order valence-electron chi connectivity index (χ1n) is 6.18. The second-order valence-corrected chi connectivity index (χ2v) is 7.54. The first-order chi connectivity index (χ1) is 9.88. The number of rotatable bonds is 6. The molecule has 0 bridgehead atoms. The van der Waals surface area contributed by atoms with Gasteiger partial charge in [0.15, 0.2) is 0 Å². The van der Waals surface area contributed by atoms with Crippen molar-refractivity contribution in [1.29, 1.82) is 0 Å². The van der Waals surface area contributed by atoms with Crippen LogP contribution in [0.3, 0.4) is 0 Å². The average Bonchev–Trinajstić information content (AvgIpc) is 2.90. The van der Waals surface area contributed by atoms with Crippen LogP contribution in [0.15, 0.2) is 40.1 Å². The van der Waals surface area contributed by atoms with E-state index in [1.54, 1.807) is 11.3 Å². The number of aromatic nitrogens is 1. The van der Waals surface area contributed by atoms with E-state index in [0.717, 1.165) is 5.56 Å². The van der Waals surface area contributed by atoms with Crippen LogP contribution >= 0.6 is 23.6 Å². The number of thiocarbonyl (C=S) groups is 1. The summed E-state index contributed by atoms with van der Waals surface area (Å²) >= 11 is 6.37. The minimum Gasteiger partial charge on any atom is -0.388 e. The molecule has 0 aliphatic rings. The van der Waals surface area contributed by atoms with E-state index in [9.17, 15) is 8.42 Å². The van der Waals surface area contributed by atoms with Crippen LogP contribution in [0.1, 0.15) is 18.2 Å². The molecule has 0 saturated carbocycles. The minimum absolute atomic E-state index is 0.0969. The zero-order valence-electron chi connectivity index (χ0n) is 11.3. The molecule has 2 heterocycles. The van der Waals surface area contributed by atoms with Crippen molar-refractivity contribution in [3.8, 4) is 0 Å². The molecule has 0 amide bonds. The number of hydrogen-bond acceptors (Lipinski definition) is 5. The second kappa shape index (κ2) is 6.61. The molecule has 8 heteroatoms. The van der Waals surface area contributed by atoms with Crippen LogP contribution in [-0.4, -0.2) is 24.4 Å². The molecule has 2 aromatic rings. The van der Waals surface area contributed by atoms with Gasteiger partial charge in [-0.15, -0.1) is 0 Å². The molecular formula is C13H15N3O2S3. The van der Waals surface area contributed by atoms with Crippen LogP contribution < -0.4 is 10.5 Å².